The van der Waals surface area contributed by atoms with Crippen molar-refractivity contribution in [2.75, 3.05) is 32.4 Å². The molecule has 0 aromatic heterocycles. The SMILES string of the molecule is CN1CCN(C(=O)CSc2ccc([N+](=O)[O-])cc2)C(c2ccccc2)C1. The molecule has 3 rings (SSSR count). The van der Waals surface area contributed by atoms with Crippen molar-refractivity contribution >= 4 is 23.4 Å². The first kappa shape index (κ1) is 18.4. The molecule has 1 unspecified atom stereocenters. The number of amides is 1. The molecule has 2 aromatic carbocycles. The van der Waals surface area contributed by atoms with Crippen molar-refractivity contribution in [1.82, 2.24) is 9.80 Å². The van der Waals surface area contributed by atoms with E-state index >= 15 is 0 Å². The van der Waals surface area contributed by atoms with Crippen molar-refractivity contribution in [3.8, 4) is 0 Å². The van der Waals surface area contributed by atoms with E-state index in [1.165, 1.54) is 23.9 Å². The van der Waals surface area contributed by atoms with Gasteiger partial charge in [0.15, 0.2) is 0 Å². The lowest BCUT2D eigenvalue weighted by Gasteiger charge is -2.40. The highest BCUT2D eigenvalue weighted by Crippen LogP contribution is 2.27. The number of benzene rings is 2. The fraction of sp³-hybridized carbons (Fsp3) is 0.316. The number of thioether (sulfide) groups is 1. The van der Waals surface area contributed by atoms with Gasteiger partial charge in [0.25, 0.3) is 5.69 Å². The number of nitro groups is 1. The minimum absolute atomic E-state index is 0.0555. The number of carbonyl (C=O) groups is 1. The Morgan fingerprint density at radius 1 is 1.15 bits per heavy atom. The molecule has 1 saturated heterocycles. The van der Waals surface area contributed by atoms with Gasteiger partial charge in [-0.25, -0.2) is 0 Å². The van der Waals surface area contributed by atoms with Crippen molar-refractivity contribution in [3.63, 3.8) is 0 Å². The molecule has 0 N–H and O–H groups in total. The second kappa shape index (κ2) is 8.33. The van der Waals surface area contributed by atoms with Crippen LogP contribution in [0.25, 0.3) is 0 Å². The van der Waals surface area contributed by atoms with Crippen LogP contribution in [0.3, 0.4) is 0 Å². The molecule has 1 aliphatic heterocycles. The molecule has 1 fully saturated rings. The number of nitro benzene ring substituents is 1. The Balaban J connectivity index is 1.66. The third-order valence-corrected chi connectivity index (χ3v) is 5.49. The van der Waals surface area contributed by atoms with Gasteiger partial charge in [-0.1, -0.05) is 30.3 Å². The summed E-state index contributed by atoms with van der Waals surface area (Å²) in [5.41, 5.74) is 1.21. The molecule has 6 nitrogen and oxygen atoms in total. The molecular weight excluding hydrogens is 350 g/mol. The van der Waals surface area contributed by atoms with Crippen LogP contribution in [0.4, 0.5) is 5.69 Å². The average molecular weight is 371 g/mol. The lowest BCUT2D eigenvalue weighted by molar-refractivity contribution is -0.384. The molecule has 26 heavy (non-hydrogen) atoms. The monoisotopic (exact) mass is 371 g/mol. The number of piperazine rings is 1. The van der Waals surface area contributed by atoms with Gasteiger partial charge >= 0.3 is 0 Å². The first-order valence-electron chi connectivity index (χ1n) is 8.45. The van der Waals surface area contributed by atoms with Crippen LogP contribution in [0.1, 0.15) is 11.6 Å². The van der Waals surface area contributed by atoms with Crippen LogP contribution in [-0.4, -0.2) is 53.1 Å². The second-order valence-corrected chi connectivity index (χ2v) is 7.36. The smallest absolute Gasteiger partial charge is 0.269 e. The van der Waals surface area contributed by atoms with Gasteiger partial charge in [-0.05, 0) is 24.7 Å². The summed E-state index contributed by atoms with van der Waals surface area (Å²) in [7, 11) is 2.07. The number of carbonyl (C=O) groups excluding carboxylic acids is 1. The molecule has 1 heterocycles. The van der Waals surface area contributed by atoms with Gasteiger partial charge in [-0.3, -0.25) is 14.9 Å². The number of hydrogen-bond donors (Lipinski definition) is 0. The molecule has 0 radical (unpaired) electrons. The Morgan fingerprint density at radius 2 is 1.85 bits per heavy atom. The van der Waals surface area contributed by atoms with Gasteiger partial charge in [0.05, 0.1) is 16.7 Å². The lowest BCUT2D eigenvalue weighted by Crippen LogP contribution is -2.49. The van der Waals surface area contributed by atoms with Crippen LogP contribution >= 0.6 is 11.8 Å². The summed E-state index contributed by atoms with van der Waals surface area (Å²) < 4.78 is 0. The van der Waals surface area contributed by atoms with E-state index in [0.29, 0.717) is 12.3 Å². The largest absolute Gasteiger partial charge is 0.332 e. The summed E-state index contributed by atoms with van der Waals surface area (Å²) in [5, 5.41) is 10.7. The standard InChI is InChI=1S/C19H21N3O3S/c1-20-11-12-21(18(13-20)15-5-3-2-4-6-15)19(23)14-26-17-9-7-16(8-10-17)22(24)25/h2-10,18H,11-14H2,1H3. The Labute approximate surface area is 156 Å². The van der Waals surface area contributed by atoms with Crippen LogP contribution in [-0.2, 0) is 4.79 Å². The predicted molar refractivity (Wildman–Crippen MR) is 102 cm³/mol. The molecule has 0 saturated carbocycles. The van der Waals surface area contributed by atoms with E-state index in [1.807, 2.05) is 23.1 Å². The van der Waals surface area contributed by atoms with E-state index < -0.39 is 4.92 Å². The highest BCUT2D eigenvalue weighted by molar-refractivity contribution is 8.00. The van der Waals surface area contributed by atoms with Gasteiger partial charge in [0.2, 0.25) is 5.91 Å². The Bertz CT molecular complexity index is 767. The third-order valence-electron chi connectivity index (χ3n) is 4.50. The van der Waals surface area contributed by atoms with Crippen LogP contribution in [0.5, 0.6) is 0 Å². The molecule has 0 aliphatic carbocycles. The van der Waals surface area contributed by atoms with E-state index in [0.717, 1.165) is 23.5 Å². The topological polar surface area (TPSA) is 66.7 Å². The van der Waals surface area contributed by atoms with E-state index in [2.05, 4.69) is 24.1 Å². The van der Waals surface area contributed by atoms with Crippen LogP contribution in [0.15, 0.2) is 59.5 Å². The van der Waals surface area contributed by atoms with E-state index in [4.69, 9.17) is 0 Å². The maximum atomic E-state index is 12.8. The summed E-state index contributed by atoms with van der Waals surface area (Å²) in [6.07, 6.45) is 0. The molecule has 136 valence electrons. The molecule has 0 spiro atoms. The third kappa shape index (κ3) is 4.42. The van der Waals surface area contributed by atoms with Crippen molar-refractivity contribution in [2.24, 2.45) is 0 Å². The lowest BCUT2D eigenvalue weighted by atomic mass is 10.0. The zero-order valence-corrected chi connectivity index (χ0v) is 15.4. The van der Waals surface area contributed by atoms with Crippen molar-refractivity contribution in [1.29, 1.82) is 0 Å². The number of hydrogen-bond acceptors (Lipinski definition) is 5. The number of rotatable bonds is 5. The highest BCUT2D eigenvalue weighted by atomic mass is 32.2. The maximum absolute atomic E-state index is 12.8. The molecule has 1 aliphatic rings. The fourth-order valence-electron chi connectivity index (χ4n) is 3.07. The van der Waals surface area contributed by atoms with Crippen molar-refractivity contribution in [2.45, 2.75) is 10.9 Å². The first-order chi connectivity index (χ1) is 12.5. The van der Waals surface area contributed by atoms with Crippen molar-refractivity contribution < 1.29 is 9.72 Å². The summed E-state index contributed by atoms with van der Waals surface area (Å²) in [6.45, 7) is 2.38. The van der Waals surface area contributed by atoms with Gasteiger partial charge in [0, 0.05) is 36.7 Å². The average Bonchev–Trinajstić information content (AvgIpc) is 2.67. The second-order valence-electron chi connectivity index (χ2n) is 6.32. The van der Waals surface area contributed by atoms with Crippen LogP contribution in [0.2, 0.25) is 0 Å². The van der Waals surface area contributed by atoms with E-state index in [1.54, 1.807) is 12.1 Å². The first-order valence-corrected chi connectivity index (χ1v) is 9.43. The summed E-state index contributed by atoms with van der Waals surface area (Å²) in [6, 6.07) is 16.5. The quantitative estimate of drug-likeness (QED) is 0.459. The molecule has 2 aromatic rings. The minimum Gasteiger partial charge on any atom is -0.332 e. The van der Waals surface area contributed by atoms with E-state index in [9.17, 15) is 14.9 Å². The number of non-ortho nitro benzene ring substituents is 1. The minimum atomic E-state index is -0.422. The summed E-state index contributed by atoms with van der Waals surface area (Å²) in [4.78, 5) is 28.2. The number of likely N-dealkylation sites (N-methyl/N-ethyl adjacent to an activating group) is 1. The zero-order chi connectivity index (χ0) is 18.5. The highest BCUT2D eigenvalue weighted by Gasteiger charge is 2.29. The predicted octanol–water partition coefficient (Wildman–Crippen LogP) is 3.20. The molecular formula is C19H21N3O3S. The van der Waals surface area contributed by atoms with Crippen molar-refractivity contribution in [3.05, 3.63) is 70.3 Å². The Kier molecular flexibility index (Phi) is 5.90. The zero-order valence-electron chi connectivity index (χ0n) is 14.6. The van der Waals surface area contributed by atoms with E-state index in [-0.39, 0.29) is 17.6 Å². The molecule has 1 atom stereocenters. The Hall–Kier alpha value is -2.38. The van der Waals surface area contributed by atoms with Gasteiger partial charge in [0.1, 0.15) is 0 Å². The van der Waals surface area contributed by atoms with Crippen LogP contribution < -0.4 is 0 Å². The normalized spacial score (nSPS) is 17.9. The van der Waals surface area contributed by atoms with Gasteiger partial charge in [-0.15, -0.1) is 11.8 Å². The van der Waals surface area contributed by atoms with Gasteiger partial charge in [-0.2, -0.15) is 0 Å². The number of nitrogens with zero attached hydrogens (tertiary/aromatic N) is 3. The maximum Gasteiger partial charge on any atom is 0.269 e. The van der Waals surface area contributed by atoms with Crippen LogP contribution in [0, 0.1) is 10.1 Å². The molecule has 0 bridgehead atoms. The summed E-state index contributed by atoms with van der Waals surface area (Å²) >= 11 is 1.41. The molecule has 7 heteroatoms. The fourth-order valence-corrected chi connectivity index (χ4v) is 3.85. The summed E-state index contributed by atoms with van der Waals surface area (Å²) in [5.74, 6) is 0.417. The Morgan fingerprint density at radius 3 is 2.50 bits per heavy atom. The van der Waals surface area contributed by atoms with Gasteiger partial charge < -0.3 is 9.80 Å². The molecule has 1 amide bonds.